The Bertz CT molecular complexity index is 619. The number of amides is 1. The van der Waals surface area contributed by atoms with E-state index >= 15 is 0 Å². The third-order valence-corrected chi connectivity index (χ3v) is 4.06. The van der Waals surface area contributed by atoms with Crippen LogP contribution in [0.2, 0.25) is 0 Å². The summed E-state index contributed by atoms with van der Waals surface area (Å²) < 4.78 is 1.60. The molecule has 2 aromatic heterocycles. The van der Waals surface area contributed by atoms with E-state index in [1.165, 1.54) is 0 Å². The summed E-state index contributed by atoms with van der Waals surface area (Å²) in [7, 11) is 4.12. The molecule has 112 valence electrons. The number of carbonyl (C=O) groups excluding carboxylic acids is 1. The van der Waals surface area contributed by atoms with Crippen LogP contribution >= 0.6 is 0 Å². The minimum absolute atomic E-state index is 0.0853. The molecule has 21 heavy (non-hydrogen) atoms. The summed E-state index contributed by atoms with van der Waals surface area (Å²) in [5.41, 5.74) is 0. The molecule has 1 fully saturated rings. The van der Waals surface area contributed by atoms with Crippen LogP contribution in [0, 0.1) is 5.92 Å². The van der Waals surface area contributed by atoms with Crippen LogP contribution in [0.15, 0.2) is 18.5 Å². The number of fused-ring (bicyclic) bond motifs is 1. The Kier molecular flexibility index (Phi) is 3.59. The topological polar surface area (TPSA) is 66.6 Å². The van der Waals surface area contributed by atoms with Gasteiger partial charge in [-0.15, -0.1) is 5.10 Å². The molecule has 3 rings (SSSR count). The molecule has 0 radical (unpaired) electrons. The van der Waals surface area contributed by atoms with E-state index < -0.39 is 0 Å². The van der Waals surface area contributed by atoms with Crippen molar-refractivity contribution < 1.29 is 4.79 Å². The summed E-state index contributed by atoms with van der Waals surface area (Å²) in [6, 6.07) is 2.21. The smallest absolute Gasteiger partial charge is 0.252 e. The van der Waals surface area contributed by atoms with E-state index in [1.54, 1.807) is 23.0 Å². The lowest BCUT2D eigenvalue weighted by molar-refractivity contribution is -0.129. The van der Waals surface area contributed by atoms with Gasteiger partial charge in [0.25, 0.3) is 5.78 Å². The van der Waals surface area contributed by atoms with Crippen LogP contribution in [0.4, 0.5) is 0 Å². The van der Waals surface area contributed by atoms with E-state index in [1.807, 2.05) is 4.90 Å². The number of hydrogen-bond donors (Lipinski definition) is 0. The molecule has 0 aliphatic carbocycles. The van der Waals surface area contributed by atoms with Crippen molar-refractivity contribution in [2.24, 2.45) is 5.92 Å². The van der Waals surface area contributed by atoms with Crippen LogP contribution in [-0.4, -0.2) is 68.5 Å². The van der Waals surface area contributed by atoms with Gasteiger partial charge in [0.15, 0.2) is 5.82 Å². The van der Waals surface area contributed by atoms with Gasteiger partial charge >= 0.3 is 0 Å². The molecule has 0 bridgehead atoms. The standard InChI is InChI=1S/C14H20N6O/c1-10-8-19(9-11(10)18(2)3)13(21)7-12-16-14-15-5-4-6-20(14)17-12/h4-6,10-11H,7-9H2,1-3H3/t10-,11-/m0/s1. The summed E-state index contributed by atoms with van der Waals surface area (Å²) in [5.74, 6) is 1.63. The summed E-state index contributed by atoms with van der Waals surface area (Å²) in [4.78, 5) is 24.9. The van der Waals surface area contributed by atoms with E-state index in [2.05, 4.69) is 41.0 Å². The quantitative estimate of drug-likeness (QED) is 0.800. The zero-order valence-electron chi connectivity index (χ0n) is 12.6. The van der Waals surface area contributed by atoms with Gasteiger partial charge in [-0.1, -0.05) is 6.92 Å². The SMILES string of the molecule is C[C@H]1CN(C(=O)Cc2nc3ncccn3n2)C[C@@H]1N(C)C. The van der Waals surface area contributed by atoms with Gasteiger partial charge in [-0.3, -0.25) is 4.79 Å². The highest BCUT2D eigenvalue weighted by atomic mass is 16.2. The summed E-state index contributed by atoms with van der Waals surface area (Å²) in [6.07, 6.45) is 3.68. The van der Waals surface area contributed by atoms with Crippen LogP contribution in [0.5, 0.6) is 0 Å². The number of likely N-dealkylation sites (tertiary alicyclic amines) is 1. The number of hydrogen-bond acceptors (Lipinski definition) is 5. The Balaban J connectivity index is 1.69. The van der Waals surface area contributed by atoms with Crippen LogP contribution < -0.4 is 0 Å². The van der Waals surface area contributed by atoms with Gasteiger partial charge in [0, 0.05) is 31.5 Å². The highest BCUT2D eigenvalue weighted by Gasteiger charge is 2.33. The van der Waals surface area contributed by atoms with Crippen molar-refractivity contribution in [1.82, 2.24) is 29.4 Å². The van der Waals surface area contributed by atoms with Crippen molar-refractivity contribution in [3.8, 4) is 0 Å². The number of likely N-dealkylation sites (N-methyl/N-ethyl adjacent to an activating group) is 1. The molecule has 0 spiro atoms. The highest BCUT2D eigenvalue weighted by Crippen LogP contribution is 2.20. The molecule has 7 nitrogen and oxygen atoms in total. The molecule has 2 atom stereocenters. The van der Waals surface area contributed by atoms with Crippen LogP contribution in [-0.2, 0) is 11.2 Å². The first-order valence-corrected chi connectivity index (χ1v) is 7.15. The van der Waals surface area contributed by atoms with E-state index in [4.69, 9.17) is 0 Å². The largest absolute Gasteiger partial charge is 0.340 e. The lowest BCUT2D eigenvalue weighted by Crippen LogP contribution is -2.36. The minimum atomic E-state index is 0.0853. The molecular weight excluding hydrogens is 268 g/mol. The van der Waals surface area contributed by atoms with Gasteiger partial charge in [-0.25, -0.2) is 9.50 Å². The maximum Gasteiger partial charge on any atom is 0.252 e. The third kappa shape index (κ3) is 2.73. The van der Waals surface area contributed by atoms with Crippen molar-refractivity contribution >= 4 is 11.7 Å². The van der Waals surface area contributed by atoms with Gasteiger partial charge in [-0.05, 0) is 26.1 Å². The van der Waals surface area contributed by atoms with Crippen molar-refractivity contribution in [3.05, 3.63) is 24.3 Å². The normalized spacial score (nSPS) is 22.4. The van der Waals surface area contributed by atoms with Gasteiger partial charge in [0.2, 0.25) is 5.91 Å². The van der Waals surface area contributed by atoms with E-state index in [0.29, 0.717) is 23.6 Å². The number of aromatic nitrogens is 4. The summed E-state index contributed by atoms with van der Waals surface area (Å²) in [6.45, 7) is 3.76. The fourth-order valence-corrected chi connectivity index (χ4v) is 2.92. The molecule has 2 aromatic rings. The molecule has 1 amide bonds. The van der Waals surface area contributed by atoms with Gasteiger partial charge in [-0.2, -0.15) is 4.98 Å². The van der Waals surface area contributed by atoms with E-state index in [9.17, 15) is 4.79 Å². The molecule has 1 aliphatic rings. The monoisotopic (exact) mass is 288 g/mol. The molecular formula is C14H20N6O. The Morgan fingerprint density at radius 2 is 2.24 bits per heavy atom. The maximum absolute atomic E-state index is 12.4. The molecule has 1 aliphatic heterocycles. The van der Waals surface area contributed by atoms with Crippen molar-refractivity contribution in [1.29, 1.82) is 0 Å². The fraction of sp³-hybridized carbons (Fsp3) is 0.571. The summed E-state index contributed by atoms with van der Waals surface area (Å²) in [5, 5.41) is 4.28. The second-order valence-corrected chi connectivity index (χ2v) is 5.88. The Labute approximate surface area is 123 Å². The second kappa shape index (κ2) is 5.40. The second-order valence-electron chi connectivity index (χ2n) is 5.88. The predicted octanol–water partition coefficient (Wildman–Crippen LogP) is 0.0753. The third-order valence-electron chi connectivity index (χ3n) is 4.06. The van der Waals surface area contributed by atoms with Crippen molar-refractivity contribution in [2.75, 3.05) is 27.2 Å². The van der Waals surface area contributed by atoms with Gasteiger partial charge in [0.05, 0.1) is 6.42 Å². The van der Waals surface area contributed by atoms with Crippen LogP contribution in [0.25, 0.3) is 5.78 Å². The molecule has 7 heteroatoms. The van der Waals surface area contributed by atoms with Gasteiger partial charge < -0.3 is 9.80 Å². The summed E-state index contributed by atoms with van der Waals surface area (Å²) >= 11 is 0. The molecule has 0 saturated carbocycles. The first-order chi connectivity index (χ1) is 10.0. The highest BCUT2D eigenvalue weighted by molar-refractivity contribution is 5.78. The Morgan fingerprint density at radius 3 is 2.90 bits per heavy atom. The van der Waals surface area contributed by atoms with Crippen LogP contribution in [0.3, 0.4) is 0 Å². The average molecular weight is 288 g/mol. The zero-order valence-corrected chi connectivity index (χ0v) is 12.6. The van der Waals surface area contributed by atoms with E-state index in [0.717, 1.165) is 13.1 Å². The lowest BCUT2D eigenvalue weighted by Gasteiger charge is -2.22. The van der Waals surface area contributed by atoms with Crippen LogP contribution in [0.1, 0.15) is 12.7 Å². The first kappa shape index (κ1) is 13.9. The number of nitrogens with zero attached hydrogens (tertiary/aromatic N) is 6. The Hall–Kier alpha value is -2.02. The number of rotatable bonds is 3. The molecule has 1 saturated heterocycles. The molecule has 0 unspecified atom stereocenters. The fourth-order valence-electron chi connectivity index (χ4n) is 2.92. The molecule has 0 aromatic carbocycles. The molecule has 0 N–H and O–H groups in total. The van der Waals surface area contributed by atoms with Gasteiger partial charge in [0.1, 0.15) is 0 Å². The first-order valence-electron chi connectivity index (χ1n) is 7.15. The lowest BCUT2D eigenvalue weighted by atomic mass is 10.1. The number of carbonyl (C=O) groups is 1. The predicted molar refractivity (Wildman–Crippen MR) is 77.7 cm³/mol. The minimum Gasteiger partial charge on any atom is -0.340 e. The maximum atomic E-state index is 12.4. The average Bonchev–Trinajstić information content (AvgIpc) is 3.01. The van der Waals surface area contributed by atoms with E-state index in [-0.39, 0.29) is 12.3 Å². The Morgan fingerprint density at radius 1 is 1.43 bits per heavy atom. The zero-order chi connectivity index (χ0) is 15.0. The van der Waals surface area contributed by atoms with Crippen molar-refractivity contribution in [3.63, 3.8) is 0 Å². The van der Waals surface area contributed by atoms with Crippen molar-refractivity contribution in [2.45, 2.75) is 19.4 Å². The molecule has 3 heterocycles.